The first-order valence-corrected chi connectivity index (χ1v) is 7.63. The Bertz CT molecular complexity index is 252. The van der Waals surface area contributed by atoms with Crippen LogP contribution in [-0.4, -0.2) is 50.2 Å². The molecule has 0 radical (unpaired) electrons. The highest BCUT2D eigenvalue weighted by atomic mass is 32.2. The Balaban J connectivity index is 2.28. The molecule has 3 nitrogen and oxygen atoms in total. The summed E-state index contributed by atoms with van der Waals surface area (Å²) in [7, 11) is -2.74. The summed E-state index contributed by atoms with van der Waals surface area (Å²) in [5.41, 5.74) is 0. The van der Waals surface area contributed by atoms with Crippen LogP contribution < -0.4 is 0 Å². The molecule has 1 rings (SSSR count). The van der Waals surface area contributed by atoms with Crippen LogP contribution in [0.4, 0.5) is 0 Å². The van der Waals surface area contributed by atoms with E-state index in [2.05, 4.69) is 17.5 Å². The van der Waals surface area contributed by atoms with Gasteiger partial charge in [-0.3, -0.25) is 0 Å². The molecule has 0 amide bonds. The topological polar surface area (TPSA) is 37.4 Å². The first-order valence-electron chi connectivity index (χ1n) is 5.18. The van der Waals surface area contributed by atoms with Crippen molar-refractivity contribution in [2.24, 2.45) is 0 Å². The molecule has 14 heavy (non-hydrogen) atoms. The molecule has 0 aromatic heterocycles. The van der Waals surface area contributed by atoms with Gasteiger partial charge in [0.05, 0.1) is 11.5 Å². The van der Waals surface area contributed by atoms with Crippen molar-refractivity contribution in [1.82, 2.24) is 4.90 Å². The molecule has 0 N–H and O–H groups in total. The number of nitrogens with zero attached hydrogens (tertiary/aromatic N) is 1. The van der Waals surface area contributed by atoms with Crippen LogP contribution in [0.2, 0.25) is 0 Å². The van der Waals surface area contributed by atoms with Crippen molar-refractivity contribution in [1.29, 1.82) is 0 Å². The van der Waals surface area contributed by atoms with Crippen LogP contribution in [0.25, 0.3) is 0 Å². The lowest BCUT2D eigenvalue weighted by molar-refractivity contribution is 0.291. The molecule has 0 unspecified atom stereocenters. The van der Waals surface area contributed by atoms with E-state index >= 15 is 0 Å². The van der Waals surface area contributed by atoms with Crippen molar-refractivity contribution in [3.8, 4) is 0 Å². The van der Waals surface area contributed by atoms with Crippen molar-refractivity contribution in [3.05, 3.63) is 0 Å². The van der Waals surface area contributed by atoms with Gasteiger partial charge in [-0.2, -0.15) is 12.6 Å². The Morgan fingerprint density at radius 3 is 2.64 bits per heavy atom. The summed E-state index contributed by atoms with van der Waals surface area (Å²) in [4.78, 5) is 2.26. The Hall–Kier alpha value is 0.260. The smallest absolute Gasteiger partial charge is 0.151 e. The summed E-state index contributed by atoms with van der Waals surface area (Å²) < 4.78 is 22.6. The minimum atomic E-state index is -2.74. The Labute approximate surface area is 92.2 Å². The lowest BCUT2D eigenvalue weighted by atomic mass is 10.3. The number of hydrogen-bond acceptors (Lipinski definition) is 4. The minimum absolute atomic E-state index is 0.341. The fraction of sp³-hybridized carbons (Fsp3) is 1.00. The Morgan fingerprint density at radius 2 is 1.93 bits per heavy atom. The summed E-state index contributed by atoms with van der Waals surface area (Å²) in [5, 5.41) is 0. The molecule has 1 heterocycles. The van der Waals surface area contributed by atoms with Gasteiger partial charge < -0.3 is 4.90 Å². The molecule has 0 aromatic carbocycles. The van der Waals surface area contributed by atoms with Crippen LogP contribution >= 0.6 is 12.6 Å². The van der Waals surface area contributed by atoms with Gasteiger partial charge in [-0.15, -0.1) is 0 Å². The van der Waals surface area contributed by atoms with Gasteiger partial charge in [0.25, 0.3) is 0 Å². The van der Waals surface area contributed by atoms with Crippen LogP contribution in [0, 0.1) is 0 Å². The third kappa shape index (κ3) is 4.66. The lowest BCUT2D eigenvalue weighted by Crippen LogP contribution is -2.28. The molecule has 0 bridgehead atoms. The van der Waals surface area contributed by atoms with Crippen molar-refractivity contribution in [2.75, 3.05) is 36.9 Å². The van der Waals surface area contributed by atoms with Gasteiger partial charge in [0.15, 0.2) is 9.84 Å². The van der Waals surface area contributed by atoms with E-state index in [1.807, 2.05) is 0 Å². The quantitative estimate of drug-likeness (QED) is 0.581. The van der Waals surface area contributed by atoms with Crippen LogP contribution in [0.5, 0.6) is 0 Å². The van der Waals surface area contributed by atoms with Crippen molar-refractivity contribution >= 4 is 22.5 Å². The van der Waals surface area contributed by atoms with Gasteiger partial charge in [-0.25, -0.2) is 8.42 Å². The predicted octanol–water partition coefficient (Wildman–Crippen LogP) is 0.817. The fourth-order valence-corrected chi connectivity index (χ4v) is 3.19. The van der Waals surface area contributed by atoms with Crippen LogP contribution in [-0.2, 0) is 9.84 Å². The van der Waals surface area contributed by atoms with Crippen LogP contribution in [0.15, 0.2) is 0 Å². The average Bonchev–Trinajstić information content (AvgIpc) is 2.28. The lowest BCUT2D eigenvalue weighted by Gasteiger charge is -2.18. The zero-order valence-electron chi connectivity index (χ0n) is 8.48. The zero-order valence-corrected chi connectivity index (χ0v) is 10.2. The van der Waals surface area contributed by atoms with E-state index in [0.717, 1.165) is 44.6 Å². The van der Waals surface area contributed by atoms with Gasteiger partial charge in [-0.1, -0.05) is 0 Å². The molecule has 0 aliphatic carbocycles. The molecule has 0 atom stereocenters. The predicted molar refractivity (Wildman–Crippen MR) is 62.8 cm³/mol. The molecule has 0 spiro atoms. The van der Waals surface area contributed by atoms with Crippen LogP contribution in [0.3, 0.4) is 0 Å². The molecule has 5 heteroatoms. The van der Waals surface area contributed by atoms with E-state index in [9.17, 15) is 8.42 Å². The molecule has 1 aliphatic heterocycles. The second kappa shape index (κ2) is 5.98. The van der Waals surface area contributed by atoms with E-state index in [-0.39, 0.29) is 0 Å². The second-order valence-electron chi connectivity index (χ2n) is 3.78. The molecule has 1 saturated heterocycles. The minimum Gasteiger partial charge on any atom is -0.302 e. The number of rotatable bonds is 4. The maximum atomic E-state index is 11.3. The molecule has 1 fully saturated rings. The fourth-order valence-electron chi connectivity index (χ4n) is 1.66. The van der Waals surface area contributed by atoms with E-state index < -0.39 is 9.84 Å². The molecule has 84 valence electrons. The van der Waals surface area contributed by atoms with Crippen molar-refractivity contribution in [3.63, 3.8) is 0 Å². The molecule has 0 saturated carbocycles. The summed E-state index contributed by atoms with van der Waals surface area (Å²) >= 11 is 4.15. The third-order valence-corrected chi connectivity index (χ3v) is 4.56. The summed E-state index contributed by atoms with van der Waals surface area (Å²) in [6.07, 6.45) is 3.04. The zero-order chi connectivity index (χ0) is 10.4. The van der Waals surface area contributed by atoms with Gasteiger partial charge >= 0.3 is 0 Å². The highest BCUT2D eigenvalue weighted by molar-refractivity contribution is 7.91. The molecule has 1 aliphatic rings. The highest BCUT2D eigenvalue weighted by Gasteiger charge is 2.18. The van der Waals surface area contributed by atoms with Gasteiger partial charge in [0, 0.05) is 6.54 Å². The highest BCUT2D eigenvalue weighted by Crippen LogP contribution is 2.06. The molecule has 0 aromatic rings. The Morgan fingerprint density at radius 1 is 1.14 bits per heavy atom. The normalized spacial score (nSPS) is 23.2. The standard InChI is InChI=1S/C9H19NO2S2/c11-14(12)8-3-5-10(6-9-14)4-1-2-7-13/h13H,1-9H2. The maximum absolute atomic E-state index is 11.3. The second-order valence-corrected chi connectivity index (χ2v) is 6.53. The number of unbranched alkanes of at least 4 members (excludes halogenated alkanes) is 1. The summed E-state index contributed by atoms with van der Waals surface area (Å²) in [5.74, 6) is 1.64. The van der Waals surface area contributed by atoms with Crippen molar-refractivity contribution < 1.29 is 8.42 Å². The van der Waals surface area contributed by atoms with Crippen LogP contribution in [0.1, 0.15) is 19.3 Å². The number of hydrogen-bond donors (Lipinski definition) is 1. The molecular formula is C9H19NO2S2. The average molecular weight is 237 g/mol. The van der Waals surface area contributed by atoms with E-state index in [1.165, 1.54) is 0 Å². The largest absolute Gasteiger partial charge is 0.302 e. The van der Waals surface area contributed by atoms with Crippen molar-refractivity contribution in [2.45, 2.75) is 19.3 Å². The first kappa shape index (κ1) is 12.3. The molecular weight excluding hydrogens is 218 g/mol. The SMILES string of the molecule is O=S1(=O)CCCN(CCCCS)CC1. The van der Waals surface area contributed by atoms with Gasteiger partial charge in [0.2, 0.25) is 0 Å². The van der Waals surface area contributed by atoms with E-state index in [4.69, 9.17) is 0 Å². The first-order chi connectivity index (χ1) is 6.64. The van der Waals surface area contributed by atoms with E-state index in [1.54, 1.807) is 0 Å². The van der Waals surface area contributed by atoms with E-state index in [0.29, 0.717) is 11.5 Å². The summed E-state index contributed by atoms with van der Waals surface area (Å²) in [6, 6.07) is 0. The van der Waals surface area contributed by atoms with Gasteiger partial charge in [-0.05, 0) is 38.1 Å². The number of sulfone groups is 1. The third-order valence-electron chi connectivity index (χ3n) is 2.53. The summed E-state index contributed by atoms with van der Waals surface area (Å²) in [6.45, 7) is 2.68. The Kier molecular flexibility index (Phi) is 5.26. The maximum Gasteiger partial charge on any atom is 0.151 e. The monoisotopic (exact) mass is 237 g/mol. The number of thiol groups is 1. The van der Waals surface area contributed by atoms with Gasteiger partial charge in [0.1, 0.15) is 0 Å².